The van der Waals surface area contributed by atoms with Gasteiger partial charge in [0, 0.05) is 5.57 Å². The number of hydrogen-bond acceptors (Lipinski definition) is 4. The third kappa shape index (κ3) is 5.65. The van der Waals surface area contributed by atoms with E-state index < -0.39 is 6.10 Å². The largest absolute Gasteiger partial charge is 0.455 e. The first-order valence-corrected chi connectivity index (χ1v) is 6.84. The minimum Gasteiger partial charge on any atom is -0.455 e. The van der Waals surface area contributed by atoms with Crippen molar-refractivity contribution in [2.45, 2.75) is 64.1 Å². The minimum absolute atomic E-state index is 0.0625. The maximum atomic E-state index is 11.3. The molecule has 2 atom stereocenters. The second-order valence-corrected chi connectivity index (χ2v) is 4.95. The summed E-state index contributed by atoms with van der Waals surface area (Å²) in [4.78, 5) is 11.3. The molecule has 0 fully saturated rings. The van der Waals surface area contributed by atoms with Crippen molar-refractivity contribution in [3.8, 4) is 0 Å². The van der Waals surface area contributed by atoms with Gasteiger partial charge < -0.3 is 14.9 Å². The van der Waals surface area contributed by atoms with E-state index in [4.69, 9.17) is 14.9 Å². The normalized spacial score (nSPS) is 20.7. The summed E-state index contributed by atoms with van der Waals surface area (Å²) < 4.78 is 5.03. The van der Waals surface area contributed by atoms with Crippen LogP contribution >= 0.6 is 0 Å². The number of hydrogen-bond donors (Lipinski definition) is 2. The average Bonchev–Trinajstić information content (AvgIpc) is 2.66. The van der Waals surface area contributed by atoms with Gasteiger partial charge in [0.1, 0.15) is 6.10 Å². The van der Waals surface area contributed by atoms with Crippen molar-refractivity contribution < 1.29 is 19.7 Å². The van der Waals surface area contributed by atoms with Crippen LogP contribution in [0.3, 0.4) is 0 Å². The average molecular weight is 256 g/mol. The van der Waals surface area contributed by atoms with Crippen LogP contribution in [-0.4, -0.2) is 35.0 Å². The summed E-state index contributed by atoms with van der Waals surface area (Å²) >= 11 is 0. The van der Waals surface area contributed by atoms with Crippen LogP contribution in [0.15, 0.2) is 11.6 Å². The van der Waals surface area contributed by atoms with Gasteiger partial charge in [-0.1, -0.05) is 25.7 Å². The van der Waals surface area contributed by atoms with Crippen LogP contribution in [0.1, 0.15) is 51.9 Å². The van der Waals surface area contributed by atoms with Crippen molar-refractivity contribution in [1.29, 1.82) is 0 Å². The Morgan fingerprint density at radius 1 is 1.28 bits per heavy atom. The molecule has 0 aromatic heterocycles. The van der Waals surface area contributed by atoms with Gasteiger partial charge in [-0.15, -0.1) is 0 Å². The van der Waals surface area contributed by atoms with Gasteiger partial charge in [0.25, 0.3) is 0 Å². The molecule has 1 aliphatic rings. The van der Waals surface area contributed by atoms with Crippen LogP contribution < -0.4 is 0 Å². The molecule has 2 N–H and O–H groups in total. The molecule has 18 heavy (non-hydrogen) atoms. The Labute approximate surface area is 109 Å². The maximum Gasteiger partial charge on any atom is 0.334 e. The predicted octanol–water partition coefficient (Wildman–Crippen LogP) is 1.94. The molecular formula is C14H24O4. The SMILES string of the molecule is C[C@H]1C=C(CCCCCCC[C@@H](O)CO)C(=O)O1. The molecule has 1 heterocycles. The minimum atomic E-state index is -0.565. The molecule has 1 rings (SSSR count). The fourth-order valence-electron chi connectivity index (χ4n) is 2.13. The smallest absolute Gasteiger partial charge is 0.334 e. The first-order chi connectivity index (χ1) is 8.63. The molecule has 104 valence electrons. The number of rotatable bonds is 9. The second kappa shape index (κ2) is 8.27. The van der Waals surface area contributed by atoms with Crippen molar-refractivity contribution in [3.63, 3.8) is 0 Å². The lowest BCUT2D eigenvalue weighted by Gasteiger charge is -2.06. The van der Waals surface area contributed by atoms with Gasteiger partial charge in [0.15, 0.2) is 0 Å². The zero-order chi connectivity index (χ0) is 13.4. The lowest BCUT2D eigenvalue weighted by molar-refractivity contribution is -0.139. The monoisotopic (exact) mass is 256 g/mol. The summed E-state index contributed by atoms with van der Waals surface area (Å²) in [5.74, 6) is -0.159. The summed E-state index contributed by atoms with van der Waals surface area (Å²) in [5, 5.41) is 17.8. The molecule has 4 heteroatoms. The standard InChI is InChI=1S/C14H24O4/c1-11-9-12(14(17)18-11)7-5-3-2-4-6-8-13(16)10-15/h9,11,13,15-16H,2-8,10H2,1H3/t11-,13+/m0/s1. The molecule has 4 nitrogen and oxygen atoms in total. The Morgan fingerprint density at radius 3 is 2.56 bits per heavy atom. The first kappa shape index (κ1) is 15.2. The van der Waals surface area contributed by atoms with Crippen molar-refractivity contribution in [1.82, 2.24) is 0 Å². The van der Waals surface area contributed by atoms with Gasteiger partial charge in [0.05, 0.1) is 12.7 Å². The van der Waals surface area contributed by atoms with E-state index >= 15 is 0 Å². The summed E-state index contributed by atoms with van der Waals surface area (Å²) in [6.45, 7) is 1.73. The van der Waals surface area contributed by atoms with Gasteiger partial charge in [-0.05, 0) is 32.3 Å². The van der Waals surface area contributed by atoms with Crippen molar-refractivity contribution in [3.05, 3.63) is 11.6 Å². The lowest BCUT2D eigenvalue weighted by atomic mass is 10.0. The molecule has 0 bridgehead atoms. The van der Waals surface area contributed by atoms with Crippen LogP contribution in [-0.2, 0) is 9.53 Å². The number of aliphatic hydroxyl groups excluding tert-OH is 2. The zero-order valence-electron chi connectivity index (χ0n) is 11.1. The molecule has 0 unspecified atom stereocenters. The van der Waals surface area contributed by atoms with Crippen LogP contribution in [0.2, 0.25) is 0 Å². The topological polar surface area (TPSA) is 66.8 Å². The van der Waals surface area contributed by atoms with E-state index in [0.29, 0.717) is 6.42 Å². The number of esters is 1. The van der Waals surface area contributed by atoms with Gasteiger partial charge in [-0.3, -0.25) is 0 Å². The Balaban J connectivity index is 1.96. The third-order valence-corrected chi connectivity index (χ3v) is 3.19. The van der Waals surface area contributed by atoms with E-state index in [1.54, 1.807) is 0 Å². The van der Waals surface area contributed by atoms with Crippen molar-refractivity contribution in [2.75, 3.05) is 6.61 Å². The molecule has 0 saturated heterocycles. The molecule has 0 aromatic carbocycles. The number of carbonyl (C=O) groups excluding carboxylic acids is 1. The molecule has 0 spiro atoms. The highest BCUT2D eigenvalue weighted by atomic mass is 16.5. The van der Waals surface area contributed by atoms with E-state index in [-0.39, 0.29) is 18.7 Å². The van der Waals surface area contributed by atoms with Crippen LogP contribution in [0, 0.1) is 0 Å². The van der Waals surface area contributed by atoms with Gasteiger partial charge >= 0.3 is 5.97 Å². The predicted molar refractivity (Wildman–Crippen MR) is 69.0 cm³/mol. The number of aliphatic hydroxyl groups is 2. The Hall–Kier alpha value is -0.870. The quantitative estimate of drug-likeness (QED) is 0.489. The lowest BCUT2D eigenvalue weighted by Crippen LogP contribution is -2.10. The fraction of sp³-hybridized carbons (Fsp3) is 0.786. The molecule has 0 aromatic rings. The summed E-state index contributed by atoms with van der Waals surface area (Å²) in [7, 11) is 0. The Kier molecular flexibility index (Phi) is 6.98. The molecule has 0 radical (unpaired) electrons. The molecule has 1 aliphatic heterocycles. The summed E-state index contributed by atoms with van der Waals surface area (Å²) in [6, 6.07) is 0. The van der Waals surface area contributed by atoms with E-state index in [0.717, 1.165) is 44.1 Å². The highest BCUT2D eigenvalue weighted by molar-refractivity contribution is 5.90. The van der Waals surface area contributed by atoms with E-state index in [2.05, 4.69) is 0 Å². The number of cyclic esters (lactones) is 1. The Morgan fingerprint density at radius 2 is 1.94 bits per heavy atom. The van der Waals surface area contributed by atoms with Gasteiger partial charge in [-0.25, -0.2) is 4.79 Å². The Bertz CT molecular complexity index is 286. The van der Waals surface area contributed by atoms with Crippen LogP contribution in [0.25, 0.3) is 0 Å². The highest BCUT2D eigenvalue weighted by Gasteiger charge is 2.20. The highest BCUT2D eigenvalue weighted by Crippen LogP contribution is 2.19. The van der Waals surface area contributed by atoms with E-state index in [1.807, 2.05) is 13.0 Å². The number of carbonyl (C=O) groups is 1. The van der Waals surface area contributed by atoms with Gasteiger partial charge in [-0.2, -0.15) is 0 Å². The first-order valence-electron chi connectivity index (χ1n) is 6.84. The van der Waals surface area contributed by atoms with Crippen molar-refractivity contribution >= 4 is 5.97 Å². The molecular weight excluding hydrogens is 232 g/mol. The maximum absolute atomic E-state index is 11.3. The summed E-state index contributed by atoms with van der Waals surface area (Å²) in [5.41, 5.74) is 0.818. The third-order valence-electron chi connectivity index (χ3n) is 3.19. The van der Waals surface area contributed by atoms with Crippen LogP contribution in [0.4, 0.5) is 0 Å². The van der Waals surface area contributed by atoms with Crippen LogP contribution in [0.5, 0.6) is 0 Å². The molecule has 0 amide bonds. The van der Waals surface area contributed by atoms with E-state index in [1.165, 1.54) is 0 Å². The zero-order valence-corrected chi connectivity index (χ0v) is 11.1. The number of ether oxygens (including phenoxy) is 1. The van der Waals surface area contributed by atoms with Crippen molar-refractivity contribution in [2.24, 2.45) is 0 Å². The second-order valence-electron chi connectivity index (χ2n) is 4.95. The molecule has 0 saturated carbocycles. The number of unbranched alkanes of at least 4 members (excludes halogenated alkanes) is 4. The van der Waals surface area contributed by atoms with Gasteiger partial charge in [0.2, 0.25) is 0 Å². The fourth-order valence-corrected chi connectivity index (χ4v) is 2.13. The van der Waals surface area contributed by atoms with E-state index in [9.17, 15) is 4.79 Å². The molecule has 0 aliphatic carbocycles. The summed E-state index contributed by atoms with van der Waals surface area (Å²) in [6.07, 6.45) is 7.98.